The fraction of sp³-hybridized carbons (Fsp3) is 0.176. The Hall–Kier alpha value is -3.40. The second-order valence-electron chi connectivity index (χ2n) is 5.55. The number of aliphatic carboxylic acids is 1. The van der Waals surface area contributed by atoms with Crippen LogP contribution in [0.4, 0.5) is 0 Å². The number of carbonyl (C=O) groups is 2. The highest BCUT2D eigenvalue weighted by molar-refractivity contribution is 7.09. The van der Waals surface area contributed by atoms with Crippen LogP contribution in [-0.4, -0.2) is 38.3 Å². The number of carboxylic acids is 1. The van der Waals surface area contributed by atoms with Gasteiger partial charge in [0.2, 0.25) is 0 Å². The number of aryl methyl sites for hydroxylation is 1. The number of amides is 1. The van der Waals surface area contributed by atoms with E-state index in [0.29, 0.717) is 5.69 Å². The number of hydrogen-bond donors (Lipinski definition) is 3. The highest BCUT2D eigenvalue weighted by atomic mass is 32.1. The Morgan fingerprint density at radius 3 is 2.74 bits per heavy atom. The molecule has 2 heterocycles. The van der Waals surface area contributed by atoms with Crippen LogP contribution in [0, 0.1) is 6.92 Å². The van der Waals surface area contributed by atoms with Crippen LogP contribution >= 0.6 is 11.3 Å². The van der Waals surface area contributed by atoms with Crippen molar-refractivity contribution in [3.63, 3.8) is 0 Å². The number of aromatic nitrogens is 2. The highest BCUT2D eigenvalue weighted by Gasteiger charge is 2.23. The molecule has 0 saturated carbocycles. The quantitative estimate of drug-likeness (QED) is 0.571. The van der Waals surface area contributed by atoms with Crippen LogP contribution in [0.1, 0.15) is 21.1 Å². The summed E-state index contributed by atoms with van der Waals surface area (Å²) in [4.78, 5) is 45.5. The number of nitrogens with one attached hydrogen (secondary N) is 1. The molecule has 140 valence electrons. The molecule has 0 saturated heterocycles. The topological polar surface area (TPSA) is 131 Å². The lowest BCUT2D eigenvalue weighted by Gasteiger charge is -2.14. The zero-order chi connectivity index (χ0) is 19.6. The van der Waals surface area contributed by atoms with E-state index in [1.54, 1.807) is 23.6 Å². The number of thiazole rings is 1. The number of nitrogens with zero attached hydrogens (tertiary/aromatic N) is 2. The van der Waals surface area contributed by atoms with E-state index >= 15 is 0 Å². The molecule has 1 amide bonds. The molecule has 9 nitrogen and oxygen atoms in total. The summed E-state index contributed by atoms with van der Waals surface area (Å²) in [5, 5.41) is 24.0. The van der Waals surface area contributed by atoms with Crippen LogP contribution in [0.2, 0.25) is 0 Å². The van der Waals surface area contributed by atoms with Crippen LogP contribution in [0.15, 0.2) is 34.4 Å². The molecule has 0 aliphatic carbocycles. The highest BCUT2D eigenvalue weighted by Crippen LogP contribution is 2.25. The molecule has 0 fully saturated rings. The fourth-order valence-electron chi connectivity index (χ4n) is 2.48. The van der Waals surface area contributed by atoms with Crippen molar-refractivity contribution in [2.45, 2.75) is 13.5 Å². The van der Waals surface area contributed by atoms with Crippen molar-refractivity contribution >= 4 is 34.1 Å². The van der Waals surface area contributed by atoms with Crippen LogP contribution < -0.4 is 15.7 Å². The summed E-state index contributed by atoms with van der Waals surface area (Å²) in [6.45, 7) is 1.12. The third-order valence-electron chi connectivity index (χ3n) is 3.65. The standard InChI is InChI=1S/C17H15N3O6S/c1-9-19-10(8-27-9)7-26-20-12-5-3-2-4-11(12)15(23)14(17(20)25)16(24)18-6-13(21)22/h2-5,8,23H,6-7H2,1H3,(H,18,24)(H,21,22). The minimum absolute atomic E-state index is 0.0186. The number of aromatic hydroxyl groups is 1. The minimum Gasteiger partial charge on any atom is -0.506 e. The maximum atomic E-state index is 12.8. The third kappa shape index (κ3) is 3.75. The van der Waals surface area contributed by atoms with Crippen LogP contribution in [0.5, 0.6) is 5.75 Å². The molecular weight excluding hydrogens is 374 g/mol. The van der Waals surface area contributed by atoms with Gasteiger partial charge < -0.3 is 20.4 Å². The lowest BCUT2D eigenvalue weighted by Crippen LogP contribution is -2.37. The third-order valence-corrected chi connectivity index (χ3v) is 4.47. The molecule has 1 aromatic carbocycles. The van der Waals surface area contributed by atoms with Gasteiger partial charge in [0.15, 0.2) is 12.2 Å². The molecule has 3 rings (SSSR count). The van der Waals surface area contributed by atoms with Crippen LogP contribution in [0.3, 0.4) is 0 Å². The molecule has 3 aromatic rings. The smallest absolute Gasteiger partial charge is 0.322 e. The van der Waals surface area contributed by atoms with Crippen LogP contribution in [-0.2, 0) is 11.4 Å². The lowest BCUT2D eigenvalue weighted by atomic mass is 10.1. The molecule has 27 heavy (non-hydrogen) atoms. The Balaban J connectivity index is 2.06. The van der Waals surface area contributed by atoms with Gasteiger partial charge in [0, 0.05) is 10.8 Å². The largest absolute Gasteiger partial charge is 0.506 e. The Kier molecular flexibility index (Phi) is 5.08. The van der Waals surface area contributed by atoms with E-state index in [1.807, 2.05) is 6.92 Å². The average molecular weight is 389 g/mol. The van der Waals surface area contributed by atoms with Gasteiger partial charge in [-0.25, -0.2) is 4.98 Å². The molecular formula is C17H15N3O6S. The van der Waals surface area contributed by atoms with Gasteiger partial charge in [-0.1, -0.05) is 12.1 Å². The minimum atomic E-state index is -1.28. The summed E-state index contributed by atoms with van der Waals surface area (Å²) in [6.07, 6.45) is 0. The van der Waals surface area contributed by atoms with Gasteiger partial charge in [-0.3, -0.25) is 14.4 Å². The molecule has 0 spiro atoms. The van der Waals surface area contributed by atoms with Gasteiger partial charge in [0.05, 0.1) is 16.2 Å². The summed E-state index contributed by atoms with van der Waals surface area (Å²) in [6, 6.07) is 6.35. The first kappa shape index (κ1) is 18.4. The fourth-order valence-corrected chi connectivity index (χ4v) is 3.08. The lowest BCUT2D eigenvalue weighted by molar-refractivity contribution is -0.135. The number of rotatable bonds is 6. The van der Waals surface area contributed by atoms with Crippen molar-refractivity contribution in [2.75, 3.05) is 6.54 Å². The number of pyridine rings is 1. The Morgan fingerprint density at radius 2 is 2.07 bits per heavy atom. The van der Waals surface area contributed by atoms with E-state index in [0.717, 1.165) is 9.74 Å². The molecule has 0 unspecified atom stereocenters. The summed E-state index contributed by atoms with van der Waals surface area (Å²) in [7, 11) is 0. The van der Waals surface area contributed by atoms with Gasteiger partial charge in [-0.05, 0) is 19.1 Å². The summed E-state index contributed by atoms with van der Waals surface area (Å²) < 4.78 is 0.902. The van der Waals surface area contributed by atoms with Gasteiger partial charge in [0.1, 0.15) is 12.3 Å². The van der Waals surface area contributed by atoms with Crippen molar-refractivity contribution in [1.82, 2.24) is 15.0 Å². The second-order valence-corrected chi connectivity index (χ2v) is 6.61. The summed E-state index contributed by atoms with van der Waals surface area (Å²) in [5.74, 6) is -2.82. The van der Waals surface area contributed by atoms with Gasteiger partial charge in [0.25, 0.3) is 11.5 Å². The number of para-hydroxylation sites is 1. The molecule has 10 heteroatoms. The molecule has 0 aliphatic heterocycles. The van der Waals surface area contributed by atoms with E-state index in [1.165, 1.54) is 17.4 Å². The molecule has 3 N–H and O–H groups in total. The van der Waals surface area contributed by atoms with Crippen molar-refractivity contribution < 1.29 is 24.6 Å². The first-order valence-corrected chi connectivity index (χ1v) is 8.67. The Morgan fingerprint density at radius 1 is 1.33 bits per heavy atom. The van der Waals surface area contributed by atoms with Crippen molar-refractivity contribution in [3.8, 4) is 5.75 Å². The zero-order valence-corrected chi connectivity index (χ0v) is 14.9. The summed E-state index contributed by atoms with van der Waals surface area (Å²) >= 11 is 1.43. The second kappa shape index (κ2) is 7.46. The van der Waals surface area contributed by atoms with Crippen LogP contribution in [0.25, 0.3) is 10.9 Å². The normalized spacial score (nSPS) is 10.7. The molecule has 0 atom stereocenters. The zero-order valence-electron chi connectivity index (χ0n) is 14.1. The Labute approximate surface area is 156 Å². The first-order chi connectivity index (χ1) is 12.9. The van der Waals surface area contributed by atoms with Crippen molar-refractivity contribution in [1.29, 1.82) is 0 Å². The monoisotopic (exact) mass is 389 g/mol. The molecule has 0 radical (unpaired) electrons. The van der Waals surface area contributed by atoms with Gasteiger partial charge in [-0.15, -0.1) is 16.1 Å². The number of hydrogen-bond acceptors (Lipinski definition) is 7. The van der Waals surface area contributed by atoms with E-state index in [-0.39, 0.29) is 17.5 Å². The number of fused-ring (bicyclic) bond motifs is 1. The maximum absolute atomic E-state index is 12.8. The van der Waals surface area contributed by atoms with E-state index in [4.69, 9.17) is 9.94 Å². The number of carbonyl (C=O) groups excluding carboxylic acids is 1. The average Bonchev–Trinajstić information content (AvgIpc) is 3.05. The molecule has 0 bridgehead atoms. The number of benzene rings is 1. The predicted molar refractivity (Wildman–Crippen MR) is 97.0 cm³/mol. The maximum Gasteiger partial charge on any atom is 0.322 e. The molecule has 0 aliphatic rings. The van der Waals surface area contributed by atoms with Crippen molar-refractivity contribution in [2.24, 2.45) is 0 Å². The van der Waals surface area contributed by atoms with E-state index < -0.39 is 35.3 Å². The van der Waals surface area contributed by atoms with Gasteiger partial charge in [-0.2, -0.15) is 0 Å². The van der Waals surface area contributed by atoms with E-state index in [9.17, 15) is 19.5 Å². The number of carboxylic acid groups (broad SMARTS) is 1. The molecule has 2 aromatic heterocycles. The SMILES string of the molecule is Cc1nc(COn2c(=O)c(C(=O)NCC(=O)O)c(O)c3ccccc32)cs1. The van der Waals surface area contributed by atoms with E-state index in [2.05, 4.69) is 10.3 Å². The van der Waals surface area contributed by atoms with Gasteiger partial charge >= 0.3 is 5.97 Å². The Bertz CT molecular complexity index is 1090. The predicted octanol–water partition coefficient (Wildman–Crippen LogP) is 0.915. The first-order valence-electron chi connectivity index (χ1n) is 7.79. The van der Waals surface area contributed by atoms with Crippen molar-refractivity contribution in [3.05, 3.63) is 56.3 Å². The summed E-state index contributed by atoms with van der Waals surface area (Å²) in [5.41, 5.74) is -0.620.